The van der Waals surface area contributed by atoms with Crippen LogP contribution in [-0.2, 0) is 19.8 Å². The molecule has 0 aromatic carbocycles. The van der Waals surface area contributed by atoms with E-state index in [4.69, 9.17) is 0 Å². The van der Waals surface area contributed by atoms with Gasteiger partial charge in [0.2, 0.25) is 0 Å². The van der Waals surface area contributed by atoms with Crippen LogP contribution in [0.5, 0.6) is 0 Å². The van der Waals surface area contributed by atoms with Gasteiger partial charge in [0, 0.05) is 31.4 Å². The normalized spacial score (nSPS) is 14.1. The zero-order valence-corrected chi connectivity index (χ0v) is 12.8. The molecule has 0 radical (unpaired) electrons. The molecule has 0 saturated carbocycles. The Labute approximate surface area is 122 Å². The molecule has 1 unspecified atom stereocenters. The molecule has 0 aliphatic carbocycles. The van der Waals surface area contributed by atoms with Gasteiger partial charge in [0.25, 0.3) is 0 Å². The summed E-state index contributed by atoms with van der Waals surface area (Å²) in [6.45, 7) is 6.47. The smallest absolute Gasteiger partial charge is 0.357 e. The minimum atomic E-state index is -4.46. The fourth-order valence-corrected chi connectivity index (χ4v) is 1.71. The predicted octanol–water partition coefficient (Wildman–Crippen LogP) is 2.29. The van der Waals surface area contributed by atoms with Gasteiger partial charge < -0.3 is 10.6 Å². The average molecular weight is 305 g/mol. The van der Waals surface area contributed by atoms with Gasteiger partial charge in [-0.05, 0) is 20.3 Å². The number of alkyl halides is 3. The molecule has 0 amide bonds. The van der Waals surface area contributed by atoms with E-state index in [2.05, 4.69) is 20.7 Å². The predicted molar refractivity (Wildman–Crippen MR) is 75.9 cm³/mol. The quantitative estimate of drug-likeness (QED) is 0.648. The molecule has 0 saturated heterocycles. The van der Waals surface area contributed by atoms with Gasteiger partial charge in [-0.15, -0.1) is 0 Å². The molecule has 0 fully saturated rings. The van der Waals surface area contributed by atoms with Crippen LogP contribution in [0.4, 0.5) is 13.2 Å². The zero-order valence-electron chi connectivity index (χ0n) is 12.8. The van der Waals surface area contributed by atoms with E-state index >= 15 is 0 Å². The van der Waals surface area contributed by atoms with Gasteiger partial charge in [-0.1, -0.05) is 6.92 Å². The maximum atomic E-state index is 12.8. The fraction of sp³-hybridized carbons (Fsp3) is 0.692. The van der Waals surface area contributed by atoms with Gasteiger partial charge in [0.15, 0.2) is 11.7 Å². The standard InChI is InChI=1S/C13H22F3N5/c1-5-9(3)19-12(17-6-2)18-7-10-8-21(4)20-11(10)13(14,15)16/h8-9H,5-7H2,1-4H3,(H2,17,18,19). The lowest BCUT2D eigenvalue weighted by Gasteiger charge is -2.16. The molecule has 2 N–H and O–H groups in total. The Morgan fingerprint density at radius 1 is 1.43 bits per heavy atom. The molecule has 8 heteroatoms. The summed E-state index contributed by atoms with van der Waals surface area (Å²) in [4.78, 5) is 4.20. The van der Waals surface area contributed by atoms with Crippen molar-refractivity contribution in [1.82, 2.24) is 20.4 Å². The van der Waals surface area contributed by atoms with E-state index in [1.807, 2.05) is 20.8 Å². The first-order chi connectivity index (χ1) is 9.77. The highest BCUT2D eigenvalue weighted by molar-refractivity contribution is 5.80. The minimum Gasteiger partial charge on any atom is -0.357 e. The van der Waals surface area contributed by atoms with Crippen molar-refractivity contribution in [2.24, 2.45) is 12.0 Å². The molecule has 21 heavy (non-hydrogen) atoms. The maximum Gasteiger partial charge on any atom is 0.435 e. The van der Waals surface area contributed by atoms with Crippen molar-refractivity contribution in [3.8, 4) is 0 Å². The number of aliphatic imine (C=N–C) groups is 1. The lowest BCUT2D eigenvalue weighted by Crippen LogP contribution is -2.41. The maximum absolute atomic E-state index is 12.8. The van der Waals surface area contributed by atoms with Crippen LogP contribution in [0.25, 0.3) is 0 Å². The number of nitrogens with one attached hydrogen (secondary N) is 2. The third-order valence-corrected chi connectivity index (χ3v) is 2.92. The summed E-state index contributed by atoms with van der Waals surface area (Å²) in [6, 6.07) is 0.193. The molecule has 1 rings (SSSR count). The Morgan fingerprint density at radius 3 is 2.62 bits per heavy atom. The number of nitrogens with zero attached hydrogens (tertiary/aromatic N) is 3. The molecule has 1 aromatic rings. The molecule has 1 aromatic heterocycles. The minimum absolute atomic E-state index is 0.0614. The second-order valence-electron chi connectivity index (χ2n) is 4.82. The Hall–Kier alpha value is -1.73. The molecule has 1 heterocycles. The first kappa shape index (κ1) is 17.3. The summed E-state index contributed by atoms with van der Waals surface area (Å²) in [6.07, 6.45) is -2.22. The van der Waals surface area contributed by atoms with Gasteiger partial charge in [-0.2, -0.15) is 18.3 Å². The second kappa shape index (κ2) is 7.33. The van der Waals surface area contributed by atoms with Gasteiger partial charge in [0.05, 0.1) is 6.54 Å². The molecular formula is C13H22F3N5. The van der Waals surface area contributed by atoms with Crippen molar-refractivity contribution < 1.29 is 13.2 Å². The molecule has 120 valence electrons. The number of hydrogen-bond acceptors (Lipinski definition) is 2. The van der Waals surface area contributed by atoms with Crippen molar-refractivity contribution in [1.29, 1.82) is 0 Å². The number of aromatic nitrogens is 2. The summed E-state index contributed by atoms with van der Waals surface area (Å²) < 4.78 is 39.7. The first-order valence-electron chi connectivity index (χ1n) is 6.92. The van der Waals surface area contributed by atoms with Crippen LogP contribution in [0.1, 0.15) is 38.4 Å². The van der Waals surface area contributed by atoms with Gasteiger partial charge in [-0.25, -0.2) is 4.99 Å². The number of guanidine groups is 1. The highest BCUT2D eigenvalue weighted by atomic mass is 19.4. The summed E-state index contributed by atoms with van der Waals surface area (Å²) >= 11 is 0. The second-order valence-corrected chi connectivity index (χ2v) is 4.82. The van der Waals surface area contributed by atoms with Crippen molar-refractivity contribution in [2.45, 2.75) is 46.0 Å². The summed E-state index contributed by atoms with van der Waals surface area (Å²) in [5, 5.41) is 9.61. The lowest BCUT2D eigenvalue weighted by molar-refractivity contribution is -0.142. The van der Waals surface area contributed by atoms with E-state index in [9.17, 15) is 13.2 Å². The van der Waals surface area contributed by atoms with Crippen LogP contribution in [0.3, 0.4) is 0 Å². The lowest BCUT2D eigenvalue weighted by atomic mass is 10.2. The molecule has 0 bridgehead atoms. The van der Waals surface area contributed by atoms with Crippen LogP contribution in [0, 0.1) is 0 Å². The topological polar surface area (TPSA) is 54.2 Å². The number of rotatable bonds is 5. The monoisotopic (exact) mass is 305 g/mol. The van der Waals surface area contributed by atoms with Crippen LogP contribution < -0.4 is 10.6 Å². The number of hydrogen-bond donors (Lipinski definition) is 2. The summed E-state index contributed by atoms with van der Waals surface area (Å²) in [7, 11) is 1.46. The third kappa shape index (κ3) is 5.28. The Bertz CT molecular complexity index is 479. The van der Waals surface area contributed by atoms with Crippen LogP contribution in [0.15, 0.2) is 11.2 Å². The van der Waals surface area contributed by atoms with E-state index in [-0.39, 0.29) is 18.2 Å². The van der Waals surface area contributed by atoms with Crippen molar-refractivity contribution in [3.63, 3.8) is 0 Å². The van der Waals surface area contributed by atoms with Gasteiger partial charge in [-0.3, -0.25) is 4.68 Å². The van der Waals surface area contributed by atoms with Crippen LogP contribution in [0.2, 0.25) is 0 Å². The summed E-state index contributed by atoms with van der Waals surface area (Å²) in [5.74, 6) is 0.504. The van der Waals surface area contributed by atoms with Crippen molar-refractivity contribution in [3.05, 3.63) is 17.5 Å². The highest BCUT2D eigenvalue weighted by Crippen LogP contribution is 2.30. The zero-order chi connectivity index (χ0) is 16.0. The Kier molecular flexibility index (Phi) is 6.04. The summed E-state index contributed by atoms with van der Waals surface area (Å²) in [5.41, 5.74) is -0.820. The van der Waals surface area contributed by atoms with Crippen molar-refractivity contribution >= 4 is 5.96 Å². The van der Waals surface area contributed by atoms with E-state index in [0.29, 0.717) is 12.5 Å². The van der Waals surface area contributed by atoms with E-state index in [1.54, 1.807) is 0 Å². The van der Waals surface area contributed by atoms with Gasteiger partial charge >= 0.3 is 6.18 Å². The number of aryl methyl sites for hydroxylation is 1. The third-order valence-electron chi connectivity index (χ3n) is 2.92. The largest absolute Gasteiger partial charge is 0.435 e. The number of halogens is 3. The SMILES string of the molecule is CCNC(=NCc1cn(C)nc1C(F)(F)F)NC(C)CC. The Morgan fingerprint density at radius 2 is 2.10 bits per heavy atom. The molecule has 0 spiro atoms. The highest BCUT2D eigenvalue weighted by Gasteiger charge is 2.36. The molecule has 5 nitrogen and oxygen atoms in total. The van der Waals surface area contributed by atoms with E-state index in [0.717, 1.165) is 11.1 Å². The Balaban J connectivity index is 2.90. The van der Waals surface area contributed by atoms with Gasteiger partial charge in [0.1, 0.15) is 0 Å². The molecule has 0 aliphatic heterocycles. The van der Waals surface area contributed by atoms with E-state index < -0.39 is 11.9 Å². The van der Waals surface area contributed by atoms with E-state index in [1.165, 1.54) is 13.2 Å². The fourth-order valence-electron chi connectivity index (χ4n) is 1.71. The average Bonchev–Trinajstić information content (AvgIpc) is 2.77. The first-order valence-corrected chi connectivity index (χ1v) is 6.92. The molecule has 1 atom stereocenters. The van der Waals surface area contributed by atoms with Crippen LogP contribution >= 0.6 is 0 Å². The molecule has 0 aliphatic rings. The van der Waals surface area contributed by atoms with Crippen LogP contribution in [-0.4, -0.2) is 28.3 Å². The van der Waals surface area contributed by atoms with Crippen molar-refractivity contribution in [2.75, 3.05) is 6.54 Å². The molecular weight excluding hydrogens is 283 g/mol.